The molecule has 0 aliphatic rings. The minimum atomic E-state index is -0.638. The van der Waals surface area contributed by atoms with Crippen molar-refractivity contribution in [3.05, 3.63) is 38.5 Å². The molecule has 0 spiro atoms. The van der Waals surface area contributed by atoms with Gasteiger partial charge in [0.05, 0.1) is 21.4 Å². The fourth-order valence-corrected chi connectivity index (χ4v) is 3.10. The van der Waals surface area contributed by atoms with Crippen molar-refractivity contribution in [2.24, 2.45) is 0 Å². The van der Waals surface area contributed by atoms with Crippen molar-refractivity contribution in [1.82, 2.24) is 19.3 Å². The van der Waals surface area contributed by atoms with E-state index in [1.807, 2.05) is 18.5 Å². The Morgan fingerprint density at radius 3 is 2.52 bits per heavy atom. The first-order chi connectivity index (χ1) is 9.93. The minimum Gasteiger partial charge on any atom is -0.327 e. The number of hydrogen-bond acceptors (Lipinski definition) is 2. The van der Waals surface area contributed by atoms with E-state index in [9.17, 15) is 4.39 Å². The van der Waals surface area contributed by atoms with Crippen LogP contribution in [0.3, 0.4) is 0 Å². The van der Waals surface area contributed by atoms with Gasteiger partial charge in [-0.2, -0.15) is 5.10 Å². The summed E-state index contributed by atoms with van der Waals surface area (Å²) in [6.07, 6.45) is 0. The topological polar surface area (TPSA) is 38.5 Å². The normalized spacial score (nSPS) is 11.5. The fourth-order valence-electron chi connectivity index (χ4n) is 2.33. The molecule has 8 heteroatoms. The maximum Gasteiger partial charge on any atom is 0.184 e. The Balaban J connectivity index is 2.40. The van der Waals surface area contributed by atoms with Crippen molar-refractivity contribution in [3.8, 4) is 5.69 Å². The highest BCUT2D eigenvalue weighted by molar-refractivity contribution is 7.71. The molecule has 1 N–H and O–H groups in total. The van der Waals surface area contributed by atoms with E-state index in [1.165, 1.54) is 12.1 Å². The molecule has 0 saturated heterocycles. The molecule has 110 valence electrons. The van der Waals surface area contributed by atoms with Crippen molar-refractivity contribution in [3.63, 3.8) is 0 Å². The van der Waals surface area contributed by atoms with Gasteiger partial charge in [0.1, 0.15) is 5.52 Å². The van der Waals surface area contributed by atoms with Gasteiger partial charge < -0.3 is 4.98 Å². The van der Waals surface area contributed by atoms with Gasteiger partial charge in [-0.1, -0.05) is 23.2 Å². The second kappa shape index (κ2) is 5.12. The molecular formula is C13H11Cl2FN4S. The van der Waals surface area contributed by atoms with Gasteiger partial charge >= 0.3 is 0 Å². The van der Waals surface area contributed by atoms with Crippen LogP contribution in [0.5, 0.6) is 0 Å². The van der Waals surface area contributed by atoms with Gasteiger partial charge in [0, 0.05) is 6.54 Å². The minimum absolute atomic E-state index is 0.0481. The number of halogens is 3. The van der Waals surface area contributed by atoms with E-state index >= 15 is 0 Å². The first kappa shape index (κ1) is 14.6. The van der Waals surface area contributed by atoms with Crippen LogP contribution in [0, 0.1) is 17.5 Å². The molecule has 2 aromatic heterocycles. The van der Waals surface area contributed by atoms with Gasteiger partial charge in [-0.3, -0.25) is 4.57 Å². The molecule has 2 heterocycles. The molecule has 0 radical (unpaired) electrons. The van der Waals surface area contributed by atoms with E-state index in [4.69, 9.17) is 35.4 Å². The van der Waals surface area contributed by atoms with Gasteiger partial charge in [0.15, 0.2) is 16.2 Å². The van der Waals surface area contributed by atoms with Gasteiger partial charge in [-0.15, -0.1) is 0 Å². The smallest absolute Gasteiger partial charge is 0.184 e. The Morgan fingerprint density at radius 2 is 1.95 bits per heavy atom. The number of aromatic amines is 1. The number of hydrogen-bond donors (Lipinski definition) is 1. The third kappa shape index (κ3) is 2.18. The quantitative estimate of drug-likeness (QED) is 0.542. The number of aromatic nitrogens is 4. The highest BCUT2D eigenvalue weighted by Crippen LogP contribution is 2.29. The summed E-state index contributed by atoms with van der Waals surface area (Å²) in [5.74, 6) is -0.638. The molecule has 0 aliphatic carbocycles. The molecule has 0 atom stereocenters. The number of rotatable bonds is 2. The zero-order valence-corrected chi connectivity index (χ0v) is 13.6. The standard InChI is InChI=1S/C13H11Cl2FN4S/c1-3-19-12-11(6(2)18-19)17-13(21)20(12)7-4-8(14)10(16)9(15)5-7/h4-5H,3H2,1-2H3,(H,17,21). The lowest BCUT2D eigenvalue weighted by molar-refractivity contribution is 0.628. The summed E-state index contributed by atoms with van der Waals surface area (Å²) in [6.45, 7) is 4.56. The lowest BCUT2D eigenvalue weighted by Crippen LogP contribution is -2.04. The molecule has 0 bridgehead atoms. The number of aryl methyl sites for hydroxylation is 2. The van der Waals surface area contributed by atoms with E-state index < -0.39 is 5.82 Å². The van der Waals surface area contributed by atoms with E-state index in [2.05, 4.69) is 10.1 Å². The molecule has 0 saturated carbocycles. The predicted molar refractivity (Wildman–Crippen MR) is 84.6 cm³/mol. The van der Waals surface area contributed by atoms with Crippen LogP contribution in [0.4, 0.5) is 4.39 Å². The van der Waals surface area contributed by atoms with E-state index in [0.29, 0.717) is 17.0 Å². The SMILES string of the molecule is CCn1nc(C)c2[nH]c(=S)n(-c3cc(Cl)c(F)c(Cl)c3)c21. The summed E-state index contributed by atoms with van der Waals surface area (Å²) >= 11 is 17.1. The van der Waals surface area contributed by atoms with Crippen LogP contribution in [-0.4, -0.2) is 19.3 Å². The summed E-state index contributed by atoms with van der Waals surface area (Å²) in [5.41, 5.74) is 3.09. The van der Waals surface area contributed by atoms with Crippen molar-refractivity contribution < 1.29 is 4.39 Å². The molecule has 3 rings (SSSR count). The van der Waals surface area contributed by atoms with E-state index in [-0.39, 0.29) is 10.0 Å². The first-order valence-corrected chi connectivity index (χ1v) is 7.43. The molecule has 3 aromatic rings. The van der Waals surface area contributed by atoms with Crippen molar-refractivity contribution >= 4 is 46.6 Å². The van der Waals surface area contributed by atoms with Crippen molar-refractivity contribution in [1.29, 1.82) is 0 Å². The molecule has 0 aliphatic heterocycles. The van der Waals surface area contributed by atoms with Crippen LogP contribution >= 0.6 is 35.4 Å². The number of nitrogens with one attached hydrogen (secondary N) is 1. The highest BCUT2D eigenvalue weighted by Gasteiger charge is 2.17. The number of fused-ring (bicyclic) bond motifs is 1. The zero-order chi connectivity index (χ0) is 15.3. The molecule has 1 aromatic carbocycles. The highest BCUT2D eigenvalue weighted by atomic mass is 35.5. The molecular weight excluding hydrogens is 334 g/mol. The Labute approximate surface area is 135 Å². The third-order valence-electron chi connectivity index (χ3n) is 3.27. The van der Waals surface area contributed by atoms with E-state index in [0.717, 1.165) is 16.9 Å². The number of imidazole rings is 1. The van der Waals surface area contributed by atoms with Crippen LogP contribution < -0.4 is 0 Å². The first-order valence-electron chi connectivity index (χ1n) is 6.27. The summed E-state index contributed by atoms with van der Waals surface area (Å²) in [5, 5.41) is 4.34. The van der Waals surface area contributed by atoms with Gasteiger partial charge in [-0.05, 0) is 38.2 Å². The molecule has 21 heavy (non-hydrogen) atoms. The Morgan fingerprint density at radius 1 is 1.33 bits per heavy atom. The lowest BCUT2D eigenvalue weighted by Gasteiger charge is -2.08. The van der Waals surface area contributed by atoms with Crippen molar-refractivity contribution in [2.45, 2.75) is 20.4 Å². The Bertz CT molecular complexity index is 886. The van der Waals surface area contributed by atoms with Crippen LogP contribution in [0.1, 0.15) is 12.6 Å². The lowest BCUT2D eigenvalue weighted by atomic mass is 10.3. The second-order valence-corrected chi connectivity index (χ2v) is 5.79. The molecule has 4 nitrogen and oxygen atoms in total. The average molecular weight is 345 g/mol. The van der Waals surface area contributed by atoms with Crippen LogP contribution in [-0.2, 0) is 6.54 Å². The molecule has 0 unspecified atom stereocenters. The predicted octanol–water partition coefficient (Wildman–Crippen LogP) is 4.66. The van der Waals surface area contributed by atoms with Crippen LogP contribution in [0.15, 0.2) is 12.1 Å². The summed E-state index contributed by atoms with van der Waals surface area (Å²) < 4.78 is 17.6. The third-order valence-corrected chi connectivity index (χ3v) is 4.11. The molecule has 0 amide bonds. The van der Waals surface area contributed by atoms with Crippen molar-refractivity contribution in [2.75, 3.05) is 0 Å². The summed E-state index contributed by atoms with van der Waals surface area (Å²) in [7, 11) is 0. The monoisotopic (exact) mass is 344 g/mol. The van der Waals surface area contributed by atoms with Gasteiger partial charge in [-0.25, -0.2) is 9.07 Å². The fraction of sp³-hybridized carbons (Fsp3) is 0.231. The van der Waals surface area contributed by atoms with Crippen LogP contribution in [0.25, 0.3) is 16.9 Å². The number of nitrogens with zero attached hydrogens (tertiary/aromatic N) is 3. The maximum atomic E-state index is 13.6. The maximum absolute atomic E-state index is 13.6. The largest absolute Gasteiger partial charge is 0.327 e. The van der Waals surface area contributed by atoms with Gasteiger partial charge in [0.2, 0.25) is 0 Å². The summed E-state index contributed by atoms with van der Waals surface area (Å²) in [6, 6.07) is 2.99. The Kier molecular flexibility index (Phi) is 3.55. The Hall–Kier alpha value is -1.37. The summed E-state index contributed by atoms with van der Waals surface area (Å²) in [4.78, 5) is 3.12. The van der Waals surface area contributed by atoms with E-state index in [1.54, 1.807) is 4.57 Å². The zero-order valence-electron chi connectivity index (χ0n) is 11.2. The average Bonchev–Trinajstić information content (AvgIpc) is 2.92. The van der Waals surface area contributed by atoms with Gasteiger partial charge in [0.25, 0.3) is 0 Å². The number of H-pyrrole nitrogens is 1. The number of benzene rings is 1. The molecule has 0 fully saturated rings. The van der Waals surface area contributed by atoms with Crippen LogP contribution in [0.2, 0.25) is 10.0 Å². The second-order valence-electron chi connectivity index (χ2n) is 4.59.